The molecule has 0 unspecified atom stereocenters. The molecular weight excluding hydrogens is 546 g/mol. The third-order valence-electron chi connectivity index (χ3n) is 7.89. The van der Waals surface area contributed by atoms with E-state index < -0.39 is 11.9 Å². The molecule has 3 aromatic carbocycles. The SMILES string of the molecule is COCCOC(=O)C1=C(C)NC2=C(C(=O)C[C@H](c3ccc(OC)c(OC)c3)C2)[C@H]1c1cccc(OCc2ccccc2)c1. The molecule has 3 aromatic rings. The minimum atomic E-state index is -0.606. The molecule has 0 amide bonds. The van der Waals surface area contributed by atoms with E-state index in [2.05, 4.69) is 5.32 Å². The summed E-state index contributed by atoms with van der Waals surface area (Å²) in [5.74, 6) is 0.722. The molecule has 0 bridgehead atoms. The summed E-state index contributed by atoms with van der Waals surface area (Å²) in [5.41, 5.74) is 5.27. The first-order chi connectivity index (χ1) is 20.9. The molecular formula is C35H37NO7. The lowest BCUT2D eigenvalue weighted by atomic mass is 9.71. The van der Waals surface area contributed by atoms with E-state index >= 15 is 0 Å². The fraction of sp³-hybridized carbons (Fsp3) is 0.314. The number of hydrogen-bond donors (Lipinski definition) is 1. The molecule has 8 nitrogen and oxygen atoms in total. The van der Waals surface area contributed by atoms with Gasteiger partial charge in [-0.05, 0) is 60.2 Å². The molecule has 5 rings (SSSR count). The summed E-state index contributed by atoms with van der Waals surface area (Å²) < 4.78 is 27.7. The maximum Gasteiger partial charge on any atom is 0.336 e. The van der Waals surface area contributed by atoms with Crippen LogP contribution < -0.4 is 19.5 Å². The van der Waals surface area contributed by atoms with Gasteiger partial charge in [0.25, 0.3) is 0 Å². The lowest BCUT2D eigenvalue weighted by Gasteiger charge is -2.37. The number of methoxy groups -OCH3 is 3. The maximum atomic E-state index is 14.0. The lowest BCUT2D eigenvalue weighted by Crippen LogP contribution is -2.36. The highest BCUT2D eigenvalue weighted by Gasteiger charge is 2.41. The standard InChI is InChI=1S/C35H37NO7/c1-22-32(35(38)42-16-15-39-2)33(25-11-8-12-27(17-25)43-21-23-9-6-5-7-10-23)34-28(36-22)18-26(19-29(34)37)24-13-14-30(40-3)31(20-24)41-4/h5-14,17,20,26,33,36H,15-16,18-19,21H2,1-4H3/t26-,33+/m1/s1. The van der Waals surface area contributed by atoms with Gasteiger partial charge in [0.2, 0.25) is 0 Å². The molecule has 1 aliphatic heterocycles. The summed E-state index contributed by atoms with van der Waals surface area (Å²) in [6.07, 6.45) is 0.891. The van der Waals surface area contributed by atoms with Crippen molar-refractivity contribution in [1.29, 1.82) is 0 Å². The van der Waals surface area contributed by atoms with Crippen LogP contribution in [0.25, 0.3) is 0 Å². The average molecular weight is 584 g/mol. The number of ether oxygens (including phenoxy) is 5. The first-order valence-corrected chi connectivity index (χ1v) is 14.3. The predicted octanol–water partition coefficient (Wildman–Crippen LogP) is 5.83. The van der Waals surface area contributed by atoms with Crippen LogP contribution >= 0.6 is 0 Å². The second-order valence-electron chi connectivity index (χ2n) is 10.6. The maximum absolute atomic E-state index is 14.0. The molecule has 2 atom stereocenters. The Bertz CT molecular complexity index is 1540. The smallest absolute Gasteiger partial charge is 0.336 e. The van der Waals surface area contributed by atoms with E-state index in [-0.39, 0.29) is 24.9 Å². The first-order valence-electron chi connectivity index (χ1n) is 14.3. The van der Waals surface area contributed by atoms with Crippen LogP contribution in [0.15, 0.2) is 95.3 Å². The van der Waals surface area contributed by atoms with Gasteiger partial charge in [-0.25, -0.2) is 4.79 Å². The van der Waals surface area contributed by atoms with E-state index in [4.69, 9.17) is 23.7 Å². The molecule has 0 radical (unpaired) electrons. The van der Waals surface area contributed by atoms with E-state index in [0.29, 0.717) is 53.5 Å². The highest BCUT2D eigenvalue weighted by molar-refractivity contribution is 6.04. The van der Waals surface area contributed by atoms with Crippen LogP contribution in [0.4, 0.5) is 0 Å². The van der Waals surface area contributed by atoms with Crippen LogP contribution in [0.2, 0.25) is 0 Å². The third-order valence-corrected chi connectivity index (χ3v) is 7.89. The molecule has 0 aromatic heterocycles. The summed E-state index contributed by atoms with van der Waals surface area (Å²) in [7, 11) is 4.75. The van der Waals surface area contributed by atoms with E-state index in [9.17, 15) is 9.59 Å². The number of benzene rings is 3. The van der Waals surface area contributed by atoms with Crippen molar-refractivity contribution in [2.75, 3.05) is 34.5 Å². The quantitative estimate of drug-likeness (QED) is 0.223. The van der Waals surface area contributed by atoms with Gasteiger partial charge in [-0.15, -0.1) is 0 Å². The molecule has 0 fully saturated rings. The van der Waals surface area contributed by atoms with Crippen LogP contribution in [0.1, 0.15) is 48.3 Å². The number of allylic oxidation sites excluding steroid dienone is 3. The molecule has 2 aliphatic rings. The molecule has 8 heteroatoms. The molecule has 1 aliphatic carbocycles. The van der Waals surface area contributed by atoms with Gasteiger partial charge < -0.3 is 29.0 Å². The normalized spacial score (nSPS) is 18.1. The summed E-state index contributed by atoms with van der Waals surface area (Å²) >= 11 is 0. The predicted molar refractivity (Wildman–Crippen MR) is 162 cm³/mol. The zero-order chi connectivity index (χ0) is 30.3. The Balaban J connectivity index is 1.50. The van der Waals surface area contributed by atoms with Crippen LogP contribution in [0.5, 0.6) is 17.2 Å². The van der Waals surface area contributed by atoms with Crippen molar-refractivity contribution < 1.29 is 33.3 Å². The van der Waals surface area contributed by atoms with Gasteiger partial charge in [0.1, 0.15) is 19.0 Å². The van der Waals surface area contributed by atoms with Gasteiger partial charge in [0.05, 0.1) is 26.4 Å². The zero-order valence-electron chi connectivity index (χ0n) is 25.0. The van der Waals surface area contributed by atoms with Crippen LogP contribution in [-0.2, 0) is 25.7 Å². The summed E-state index contributed by atoms with van der Waals surface area (Å²) in [6, 6.07) is 23.3. The average Bonchev–Trinajstić information content (AvgIpc) is 3.03. The van der Waals surface area contributed by atoms with Gasteiger partial charge in [0, 0.05) is 36.4 Å². The molecule has 1 heterocycles. The number of rotatable bonds is 11. The van der Waals surface area contributed by atoms with Gasteiger partial charge in [-0.1, -0.05) is 48.5 Å². The second-order valence-corrected chi connectivity index (χ2v) is 10.6. The minimum Gasteiger partial charge on any atom is -0.493 e. The topological polar surface area (TPSA) is 92.3 Å². The van der Waals surface area contributed by atoms with Crippen molar-refractivity contribution in [3.63, 3.8) is 0 Å². The minimum absolute atomic E-state index is 0.0242. The monoisotopic (exact) mass is 583 g/mol. The number of carbonyl (C=O) groups excluding carboxylic acids is 2. The van der Waals surface area contributed by atoms with Gasteiger partial charge in [0.15, 0.2) is 17.3 Å². The van der Waals surface area contributed by atoms with Crippen LogP contribution in [-0.4, -0.2) is 46.3 Å². The summed E-state index contributed by atoms with van der Waals surface area (Å²) in [6.45, 7) is 2.64. The Kier molecular flexibility index (Phi) is 9.47. The van der Waals surface area contributed by atoms with E-state index in [1.807, 2.05) is 79.7 Å². The zero-order valence-corrected chi connectivity index (χ0v) is 25.0. The Hall–Kier alpha value is -4.56. The fourth-order valence-corrected chi connectivity index (χ4v) is 5.81. The Morgan fingerprint density at radius 3 is 2.40 bits per heavy atom. The van der Waals surface area contributed by atoms with Crippen molar-refractivity contribution in [3.05, 3.63) is 112 Å². The summed E-state index contributed by atoms with van der Waals surface area (Å²) in [5, 5.41) is 3.40. The number of Topliss-reactive ketones (excluding diaryl/α,β-unsaturated/α-hetero) is 1. The largest absolute Gasteiger partial charge is 0.493 e. The molecule has 0 spiro atoms. The van der Waals surface area contributed by atoms with Gasteiger partial charge in [-0.2, -0.15) is 0 Å². The number of nitrogens with one attached hydrogen (secondary N) is 1. The van der Waals surface area contributed by atoms with Gasteiger partial charge in [-0.3, -0.25) is 4.79 Å². The Labute approximate surface area is 252 Å². The number of hydrogen-bond acceptors (Lipinski definition) is 8. The molecule has 1 N–H and O–H groups in total. The van der Waals surface area contributed by atoms with E-state index in [1.165, 1.54) is 0 Å². The highest BCUT2D eigenvalue weighted by atomic mass is 16.6. The van der Waals surface area contributed by atoms with Crippen molar-refractivity contribution in [2.24, 2.45) is 0 Å². The Morgan fingerprint density at radius 1 is 0.860 bits per heavy atom. The number of dihydropyridines is 1. The first kappa shape index (κ1) is 29.9. The number of esters is 1. The van der Waals surface area contributed by atoms with Crippen LogP contribution in [0, 0.1) is 0 Å². The lowest BCUT2D eigenvalue weighted by molar-refractivity contribution is -0.140. The molecule has 0 saturated carbocycles. The van der Waals surface area contributed by atoms with E-state index in [1.54, 1.807) is 21.3 Å². The number of carbonyl (C=O) groups is 2. The molecule has 43 heavy (non-hydrogen) atoms. The highest BCUT2D eigenvalue weighted by Crippen LogP contribution is 2.47. The van der Waals surface area contributed by atoms with Crippen molar-refractivity contribution >= 4 is 11.8 Å². The third kappa shape index (κ3) is 6.60. The van der Waals surface area contributed by atoms with Crippen molar-refractivity contribution in [1.82, 2.24) is 5.32 Å². The van der Waals surface area contributed by atoms with E-state index in [0.717, 1.165) is 22.4 Å². The molecule has 224 valence electrons. The molecule has 0 saturated heterocycles. The second kappa shape index (κ2) is 13.6. The van der Waals surface area contributed by atoms with Crippen LogP contribution in [0.3, 0.4) is 0 Å². The number of ketones is 1. The van der Waals surface area contributed by atoms with Gasteiger partial charge >= 0.3 is 5.97 Å². The summed E-state index contributed by atoms with van der Waals surface area (Å²) in [4.78, 5) is 27.5. The van der Waals surface area contributed by atoms with Crippen molar-refractivity contribution in [2.45, 2.75) is 38.2 Å². The fourth-order valence-electron chi connectivity index (χ4n) is 5.81. The Morgan fingerprint density at radius 2 is 1.65 bits per heavy atom. The van der Waals surface area contributed by atoms with Crippen molar-refractivity contribution in [3.8, 4) is 17.2 Å².